The molecule has 0 saturated carbocycles. The lowest BCUT2D eigenvalue weighted by Gasteiger charge is -2.33. The standard InChI is InChI=1S/C15H18ClN5/c16-14-4-3-12(8-18-14)9-21-7-1-2-13(10-21)20-15-5-6-17-11-19-15/h3-6,8,11,13H,1-2,7,9-10H2,(H,17,19,20). The van der Waals surface area contributed by atoms with Crippen LogP contribution in [-0.4, -0.2) is 39.0 Å². The first kappa shape index (κ1) is 14.2. The second-order valence-electron chi connectivity index (χ2n) is 5.30. The van der Waals surface area contributed by atoms with Crippen LogP contribution in [0, 0.1) is 0 Å². The van der Waals surface area contributed by atoms with E-state index < -0.39 is 0 Å². The van der Waals surface area contributed by atoms with E-state index in [2.05, 4.69) is 25.2 Å². The average molecular weight is 304 g/mol. The molecule has 1 N–H and O–H groups in total. The monoisotopic (exact) mass is 303 g/mol. The maximum absolute atomic E-state index is 5.82. The van der Waals surface area contributed by atoms with Crippen LogP contribution in [0.1, 0.15) is 18.4 Å². The van der Waals surface area contributed by atoms with Gasteiger partial charge in [0.15, 0.2) is 0 Å². The maximum Gasteiger partial charge on any atom is 0.129 e. The highest BCUT2D eigenvalue weighted by Crippen LogP contribution is 2.17. The molecular formula is C15H18ClN5. The second kappa shape index (κ2) is 6.83. The molecule has 0 bridgehead atoms. The highest BCUT2D eigenvalue weighted by atomic mass is 35.5. The number of anilines is 1. The molecule has 0 radical (unpaired) electrons. The Kier molecular flexibility index (Phi) is 4.62. The molecule has 1 saturated heterocycles. The SMILES string of the molecule is Clc1ccc(CN2CCCC(Nc3ccncn3)C2)cn1. The van der Waals surface area contributed by atoms with Gasteiger partial charge in [0.2, 0.25) is 0 Å². The molecular weight excluding hydrogens is 286 g/mol. The fourth-order valence-electron chi connectivity index (χ4n) is 2.66. The van der Waals surface area contributed by atoms with Gasteiger partial charge in [-0.05, 0) is 37.1 Å². The fraction of sp³-hybridized carbons (Fsp3) is 0.400. The minimum atomic E-state index is 0.425. The minimum absolute atomic E-state index is 0.425. The normalized spacial score (nSPS) is 19.4. The summed E-state index contributed by atoms with van der Waals surface area (Å²) in [5, 5.41) is 4.02. The summed E-state index contributed by atoms with van der Waals surface area (Å²) in [6.45, 7) is 3.03. The van der Waals surface area contributed by atoms with Crippen LogP contribution in [0.5, 0.6) is 0 Å². The lowest BCUT2D eigenvalue weighted by Crippen LogP contribution is -2.41. The number of hydrogen-bond donors (Lipinski definition) is 1. The van der Waals surface area contributed by atoms with Crippen LogP contribution < -0.4 is 5.32 Å². The summed E-state index contributed by atoms with van der Waals surface area (Å²) < 4.78 is 0. The van der Waals surface area contributed by atoms with E-state index in [4.69, 9.17) is 11.6 Å². The molecule has 0 spiro atoms. The Bertz CT molecular complexity index is 560. The van der Waals surface area contributed by atoms with Gasteiger partial charge in [0.25, 0.3) is 0 Å². The van der Waals surface area contributed by atoms with Crippen molar-refractivity contribution in [3.63, 3.8) is 0 Å². The Morgan fingerprint density at radius 1 is 1.29 bits per heavy atom. The van der Waals surface area contributed by atoms with Crippen molar-refractivity contribution in [1.29, 1.82) is 0 Å². The number of piperidine rings is 1. The zero-order valence-electron chi connectivity index (χ0n) is 11.7. The second-order valence-corrected chi connectivity index (χ2v) is 5.69. The molecule has 1 aliphatic rings. The molecule has 1 atom stereocenters. The van der Waals surface area contributed by atoms with Crippen molar-refractivity contribution in [1.82, 2.24) is 19.9 Å². The molecule has 0 aromatic carbocycles. The number of pyridine rings is 1. The van der Waals surface area contributed by atoms with E-state index in [1.807, 2.05) is 24.4 Å². The van der Waals surface area contributed by atoms with Crippen molar-refractivity contribution in [3.05, 3.63) is 47.6 Å². The molecule has 1 aliphatic heterocycles. The summed E-state index contributed by atoms with van der Waals surface area (Å²) in [6.07, 6.45) is 7.53. The first-order valence-corrected chi connectivity index (χ1v) is 7.53. The van der Waals surface area contributed by atoms with Crippen LogP contribution in [0.2, 0.25) is 5.15 Å². The zero-order valence-corrected chi connectivity index (χ0v) is 12.5. The predicted molar refractivity (Wildman–Crippen MR) is 83.2 cm³/mol. The van der Waals surface area contributed by atoms with Crippen molar-refractivity contribution in [2.45, 2.75) is 25.4 Å². The molecule has 0 amide bonds. The molecule has 110 valence electrons. The lowest BCUT2D eigenvalue weighted by atomic mass is 10.1. The number of rotatable bonds is 4. The van der Waals surface area contributed by atoms with Crippen LogP contribution in [0.15, 0.2) is 36.9 Å². The largest absolute Gasteiger partial charge is 0.366 e. The molecule has 3 heterocycles. The third-order valence-corrected chi connectivity index (χ3v) is 3.86. The van der Waals surface area contributed by atoms with Gasteiger partial charge >= 0.3 is 0 Å². The van der Waals surface area contributed by atoms with Crippen LogP contribution in [0.3, 0.4) is 0 Å². The Morgan fingerprint density at radius 3 is 3.00 bits per heavy atom. The van der Waals surface area contributed by atoms with E-state index in [0.717, 1.165) is 25.5 Å². The third kappa shape index (κ3) is 4.12. The number of nitrogens with zero attached hydrogens (tertiary/aromatic N) is 4. The van der Waals surface area contributed by atoms with Gasteiger partial charge < -0.3 is 5.32 Å². The van der Waals surface area contributed by atoms with E-state index in [9.17, 15) is 0 Å². The minimum Gasteiger partial charge on any atom is -0.366 e. The van der Waals surface area contributed by atoms with E-state index in [1.165, 1.54) is 18.4 Å². The third-order valence-electron chi connectivity index (χ3n) is 3.63. The van der Waals surface area contributed by atoms with E-state index in [0.29, 0.717) is 11.2 Å². The van der Waals surface area contributed by atoms with Crippen molar-refractivity contribution in [3.8, 4) is 0 Å². The first-order chi connectivity index (χ1) is 10.3. The molecule has 3 rings (SSSR count). The summed E-state index contributed by atoms with van der Waals surface area (Å²) in [4.78, 5) is 14.7. The van der Waals surface area contributed by atoms with Gasteiger partial charge in [0, 0.05) is 31.5 Å². The Labute approximate surface area is 129 Å². The fourth-order valence-corrected chi connectivity index (χ4v) is 2.77. The van der Waals surface area contributed by atoms with Gasteiger partial charge in [-0.2, -0.15) is 0 Å². The van der Waals surface area contributed by atoms with Gasteiger partial charge in [0.1, 0.15) is 17.3 Å². The number of hydrogen-bond acceptors (Lipinski definition) is 5. The van der Waals surface area contributed by atoms with Crippen molar-refractivity contribution < 1.29 is 0 Å². The highest BCUT2D eigenvalue weighted by Gasteiger charge is 2.20. The number of nitrogens with one attached hydrogen (secondary N) is 1. The van der Waals surface area contributed by atoms with E-state index in [1.54, 1.807) is 12.5 Å². The molecule has 1 fully saturated rings. The van der Waals surface area contributed by atoms with Crippen LogP contribution >= 0.6 is 11.6 Å². The quantitative estimate of drug-likeness (QED) is 0.880. The lowest BCUT2D eigenvalue weighted by molar-refractivity contribution is 0.208. The Hall–Kier alpha value is -1.72. The molecule has 2 aromatic heterocycles. The van der Waals surface area contributed by atoms with Crippen LogP contribution in [0.25, 0.3) is 0 Å². The van der Waals surface area contributed by atoms with Gasteiger partial charge in [-0.3, -0.25) is 4.90 Å². The summed E-state index contributed by atoms with van der Waals surface area (Å²) in [6, 6.07) is 6.21. The van der Waals surface area contributed by atoms with E-state index >= 15 is 0 Å². The average Bonchev–Trinajstić information content (AvgIpc) is 2.51. The molecule has 0 aliphatic carbocycles. The topological polar surface area (TPSA) is 53.9 Å². The van der Waals surface area contributed by atoms with Gasteiger partial charge in [-0.25, -0.2) is 15.0 Å². The summed E-state index contributed by atoms with van der Waals surface area (Å²) in [5.41, 5.74) is 1.20. The predicted octanol–water partition coefficient (Wildman–Crippen LogP) is 2.60. The Balaban J connectivity index is 1.57. The molecule has 1 unspecified atom stereocenters. The molecule has 6 heteroatoms. The number of halogens is 1. The van der Waals surface area contributed by atoms with Gasteiger partial charge in [-0.15, -0.1) is 0 Å². The van der Waals surface area contributed by atoms with Crippen molar-refractivity contribution in [2.75, 3.05) is 18.4 Å². The highest BCUT2D eigenvalue weighted by molar-refractivity contribution is 6.29. The maximum atomic E-state index is 5.82. The number of likely N-dealkylation sites (tertiary alicyclic amines) is 1. The Morgan fingerprint density at radius 2 is 2.24 bits per heavy atom. The number of aromatic nitrogens is 3. The molecule has 5 nitrogen and oxygen atoms in total. The van der Waals surface area contributed by atoms with Crippen molar-refractivity contribution >= 4 is 17.4 Å². The van der Waals surface area contributed by atoms with E-state index in [-0.39, 0.29) is 0 Å². The summed E-state index contributed by atoms with van der Waals surface area (Å²) >= 11 is 5.82. The van der Waals surface area contributed by atoms with Crippen LogP contribution in [-0.2, 0) is 6.54 Å². The van der Waals surface area contributed by atoms with Crippen LogP contribution in [0.4, 0.5) is 5.82 Å². The molecule has 21 heavy (non-hydrogen) atoms. The summed E-state index contributed by atoms with van der Waals surface area (Å²) in [5.74, 6) is 0.894. The van der Waals surface area contributed by atoms with Gasteiger partial charge in [0.05, 0.1) is 0 Å². The smallest absolute Gasteiger partial charge is 0.129 e. The summed E-state index contributed by atoms with van der Waals surface area (Å²) in [7, 11) is 0. The molecule has 2 aromatic rings. The first-order valence-electron chi connectivity index (χ1n) is 7.15. The van der Waals surface area contributed by atoms with Gasteiger partial charge in [-0.1, -0.05) is 17.7 Å². The van der Waals surface area contributed by atoms with Crippen molar-refractivity contribution in [2.24, 2.45) is 0 Å². The zero-order chi connectivity index (χ0) is 14.5.